The molecule has 3 rings (SSSR count). The van der Waals surface area contributed by atoms with E-state index in [2.05, 4.69) is 38.1 Å². The van der Waals surface area contributed by atoms with Crippen LogP contribution in [-0.4, -0.2) is 23.2 Å². The Balaban J connectivity index is 1.37. The summed E-state index contributed by atoms with van der Waals surface area (Å²) >= 11 is 0. The summed E-state index contributed by atoms with van der Waals surface area (Å²) in [7, 11) is 0. The maximum Gasteiger partial charge on any atom is 0.213 e. The van der Waals surface area contributed by atoms with E-state index in [0.29, 0.717) is 11.8 Å². The van der Waals surface area contributed by atoms with Crippen LogP contribution in [0.1, 0.15) is 142 Å². The highest BCUT2D eigenvalue weighted by Crippen LogP contribution is 2.27. The zero-order valence-corrected chi connectivity index (χ0v) is 25.7. The van der Waals surface area contributed by atoms with Gasteiger partial charge < -0.3 is 9.47 Å². The summed E-state index contributed by atoms with van der Waals surface area (Å²) in [4.78, 5) is 9.70. The lowest BCUT2D eigenvalue weighted by atomic mass is 10.1. The van der Waals surface area contributed by atoms with Crippen LogP contribution in [-0.2, 0) is 0 Å². The Labute approximate surface area is 244 Å². The van der Waals surface area contributed by atoms with Crippen LogP contribution in [0.3, 0.4) is 0 Å². The van der Waals surface area contributed by atoms with Gasteiger partial charge in [0.25, 0.3) is 0 Å². The van der Waals surface area contributed by atoms with E-state index in [-0.39, 0.29) is 0 Å². The molecule has 0 saturated carbocycles. The molecule has 0 unspecified atom stereocenters. The monoisotopic (exact) mass is 548 g/mol. The molecule has 4 heteroatoms. The SMILES string of the molecule is CCCCCCCCCCCCOc1ccc2ccc3ccc(OCCCCCCCCCCCC)nc3c2n1. The molecule has 1 aromatic carbocycles. The molecule has 2 aromatic heterocycles. The van der Waals surface area contributed by atoms with E-state index in [1.165, 1.54) is 116 Å². The van der Waals surface area contributed by atoms with Crippen LogP contribution in [0.5, 0.6) is 11.8 Å². The molecule has 0 fully saturated rings. The van der Waals surface area contributed by atoms with Gasteiger partial charge in [-0.15, -0.1) is 0 Å². The van der Waals surface area contributed by atoms with Crippen molar-refractivity contribution in [3.05, 3.63) is 36.4 Å². The van der Waals surface area contributed by atoms with Crippen molar-refractivity contribution in [2.24, 2.45) is 0 Å². The van der Waals surface area contributed by atoms with Gasteiger partial charge in [-0.25, -0.2) is 9.97 Å². The molecule has 0 amide bonds. The first kappa shape index (κ1) is 32.2. The quantitative estimate of drug-likeness (QED) is 0.0824. The lowest BCUT2D eigenvalue weighted by Gasteiger charge is -2.10. The zero-order valence-electron chi connectivity index (χ0n) is 25.7. The molecule has 4 nitrogen and oxygen atoms in total. The summed E-state index contributed by atoms with van der Waals surface area (Å²) in [5.41, 5.74) is 1.78. The van der Waals surface area contributed by atoms with E-state index in [9.17, 15) is 0 Å². The topological polar surface area (TPSA) is 44.2 Å². The van der Waals surface area contributed by atoms with Gasteiger partial charge in [0.1, 0.15) is 11.0 Å². The number of ether oxygens (including phenoxy) is 2. The molecule has 222 valence electrons. The van der Waals surface area contributed by atoms with Gasteiger partial charge in [0.15, 0.2) is 0 Å². The average molecular weight is 549 g/mol. The number of unbranched alkanes of at least 4 members (excludes halogenated alkanes) is 18. The first-order valence-corrected chi connectivity index (χ1v) is 16.8. The van der Waals surface area contributed by atoms with Crippen LogP contribution < -0.4 is 9.47 Å². The van der Waals surface area contributed by atoms with Crippen molar-refractivity contribution in [2.45, 2.75) is 142 Å². The Morgan fingerprint density at radius 1 is 0.400 bits per heavy atom. The van der Waals surface area contributed by atoms with Crippen LogP contribution in [0.2, 0.25) is 0 Å². The van der Waals surface area contributed by atoms with Gasteiger partial charge >= 0.3 is 0 Å². The van der Waals surface area contributed by atoms with Gasteiger partial charge in [-0.3, -0.25) is 0 Å². The molecule has 40 heavy (non-hydrogen) atoms. The summed E-state index contributed by atoms with van der Waals surface area (Å²) in [6, 6.07) is 12.4. The summed E-state index contributed by atoms with van der Waals surface area (Å²) in [6.45, 7) is 6.00. The van der Waals surface area contributed by atoms with Crippen LogP contribution in [0.25, 0.3) is 21.8 Å². The van der Waals surface area contributed by atoms with Gasteiger partial charge in [0.2, 0.25) is 11.8 Å². The maximum absolute atomic E-state index is 6.04. The molecular weight excluding hydrogens is 492 g/mol. The van der Waals surface area contributed by atoms with Gasteiger partial charge in [0, 0.05) is 22.9 Å². The number of fused-ring (bicyclic) bond motifs is 3. The number of rotatable bonds is 24. The maximum atomic E-state index is 6.04. The Morgan fingerprint density at radius 2 is 0.700 bits per heavy atom. The van der Waals surface area contributed by atoms with Crippen LogP contribution in [0.15, 0.2) is 36.4 Å². The second-order valence-electron chi connectivity index (χ2n) is 11.6. The predicted molar refractivity (Wildman–Crippen MR) is 172 cm³/mol. The highest BCUT2D eigenvalue weighted by atomic mass is 16.5. The van der Waals surface area contributed by atoms with Gasteiger partial charge in [0.05, 0.1) is 13.2 Å². The molecule has 0 N–H and O–H groups in total. The first-order chi connectivity index (χ1) is 19.8. The molecule has 2 heterocycles. The fourth-order valence-corrected chi connectivity index (χ4v) is 5.43. The number of aromatic nitrogens is 2. The van der Waals surface area contributed by atoms with Gasteiger partial charge in [-0.1, -0.05) is 142 Å². The van der Waals surface area contributed by atoms with Gasteiger partial charge in [-0.2, -0.15) is 0 Å². The van der Waals surface area contributed by atoms with Crippen molar-refractivity contribution in [3.8, 4) is 11.8 Å². The number of benzene rings is 1. The van der Waals surface area contributed by atoms with Crippen LogP contribution in [0, 0.1) is 0 Å². The summed E-state index contributed by atoms with van der Waals surface area (Å²) < 4.78 is 12.1. The minimum absolute atomic E-state index is 0.689. The Bertz CT molecular complexity index is 983. The van der Waals surface area contributed by atoms with Crippen molar-refractivity contribution < 1.29 is 9.47 Å². The third-order valence-electron chi connectivity index (χ3n) is 7.96. The third-order valence-corrected chi connectivity index (χ3v) is 7.96. The summed E-state index contributed by atoms with van der Waals surface area (Å²) in [5.74, 6) is 1.38. The zero-order chi connectivity index (χ0) is 28.1. The smallest absolute Gasteiger partial charge is 0.213 e. The molecule has 0 bridgehead atoms. The third kappa shape index (κ3) is 12.4. The first-order valence-electron chi connectivity index (χ1n) is 16.8. The molecule has 0 aliphatic heterocycles. The standard InChI is InChI=1S/C36H56N2O2/c1-3-5-7-9-11-13-15-17-19-21-29-39-33-27-25-31-23-24-32-26-28-34(38-36(32)35(31)37-33)40-30-22-20-18-16-14-12-10-8-6-4-2/h23-28H,3-22,29-30H2,1-2H3. The lowest BCUT2D eigenvalue weighted by molar-refractivity contribution is 0.293. The molecular formula is C36H56N2O2. The van der Waals surface area contributed by atoms with E-state index in [0.717, 1.165) is 47.9 Å². The molecule has 3 aromatic rings. The minimum Gasteiger partial charge on any atom is -0.478 e. The highest BCUT2D eigenvalue weighted by Gasteiger charge is 2.08. The van der Waals surface area contributed by atoms with Crippen molar-refractivity contribution in [2.75, 3.05) is 13.2 Å². The molecule has 0 aliphatic carbocycles. The van der Waals surface area contributed by atoms with E-state index >= 15 is 0 Å². The molecule has 0 saturated heterocycles. The number of hydrogen-bond acceptors (Lipinski definition) is 4. The largest absolute Gasteiger partial charge is 0.478 e. The Kier molecular flexibility index (Phi) is 16.5. The molecule has 0 aliphatic rings. The van der Waals surface area contributed by atoms with Crippen LogP contribution in [0.4, 0.5) is 0 Å². The fraction of sp³-hybridized carbons (Fsp3) is 0.667. The molecule has 0 radical (unpaired) electrons. The number of nitrogens with zero attached hydrogens (tertiary/aromatic N) is 2. The fourth-order valence-electron chi connectivity index (χ4n) is 5.43. The van der Waals surface area contributed by atoms with Crippen LogP contribution >= 0.6 is 0 Å². The van der Waals surface area contributed by atoms with Crippen molar-refractivity contribution in [1.82, 2.24) is 9.97 Å². The van der Waals surface area contributed by atoms with Crippen molar-refractivity contribution in [1.29, 1.82) is 0 Å². The van der Waals surface area contributed by atoms with E-state index in [1.807, 2.05) is 12.1 Å². The second kappa shape index (κ2) is 20.5. The molecule has 0 atom stereocenters. The average Bonchev–Trinajstić information content (AvgIpc) is 2.98. The second-order valence-corrected chi connectivity index (χ2v) is 11.6. The lowest BCUT2D eigenvalue weighted by Crippen LogP contribution is -2.01. The highest BCUT2D eigenvalue weighted by molar-refractivity contribution is 6.03. The Hall–Kier alpha value is -2.36. The normalized spacial score (nSPS) is 11.4. The summed E-state index contributed by atoms with van der Waals surface area (Å²) in [6.07, 6.45) is 26.5. The molecule has 0 spiro atoms. The van der Waals surface area contributed by atoms with Crippen molar-refractivity contribution in [3.63, 3.8) is 0 Å². The predicted octanol–water partition coefficient (Wildman–Crippen LogP) is 11.4. The minimum atomic E-state index is 0.689. The van der Waals surface area contributed by atoms with E-state index in [4.69, 9.17) is 19.4 Å². The van der Waals surface area contributed by atoms with Gasteiger partial charge in [-0.05, 0) is 25.0 Å². The number of pyridine rings is 2. The number of hydrogen-bond donors (Lipinski definition) is 0. The summed E-state index contributed by atoms with van der Waals surface area (Å²) in [5, 5.41) is 2.16. The van der Waals surface area contributed by atoms with Crippen molar-refractivity contribution >= 4 is 21.8 Å². The van der Waals surface area contributed by atoms with E-state index < -0.39 is 0 Å². The van der Waals surface area contributed by atoms with E-state index in [1.54, 1.807) is 0 Å². The Morgan fingerprint density at radius 3 is 1.05 bits per heavy atom.